The van der Waals surface area contributed by atoms with E-state index in [2.05, 4.69) is 5.32 Å². The molecule has 2 aromatic carbocycles. The fraction of sp³-hybridized carbons (Fsp3) is 0.278. The van der Waals surface area contributed by atoms with Crippen LogP contribution >= 0.6 is 0 Å². The van der Waals surface area contributed by atoms with E-state index in [1.807, 2.05) is 54.6 Å². The summed E-state index contributed by atoms with van der Waals surface area (Å²) in [6, 6.07) is 17.7. The van der Waals surface area contributed by atoms with Gasteiger partial charge in [0.25, 0.3) is 0 Å². The summed E-state index contributed by atoms with van der Waals surface area (Å²) in [4.78, 5) is 12.2. The molecule has 0 radical (unpaired) electrons. The summed E-state index contributed by atoms with van der Waals surface area (Å²) in [5.74, 6) is 0.585. The highest BCUT2D eigenvalue weighted by Gasteiger charge is 2.29. The van der Waals surface area contributed by atoms with E-state index in [-0.39, 0.29) is 11.8 Å². The Morgan fingerprint density at radius 2 is 1.91 bits per heavy atom. The summed E-state index contributed by atoms with van der Waals surface area (Å²) in [5.41, 5.74) is 2.09. The first-order valence-electron chi connectivity index (χ1n) is 7.46. The van der Waals surface area contributed by atoms with Gasteiger partial charge in [-0.05, 0) is 11.6 Å². The molecule has 1 heterocycles. The number of hydrogen-bond acceptors (Lipinski definition) is 3. The van der Waals surface area contributed by atoms with E-state index < -0.39 is 0 Å². The Balaban J connectivity index is 1.40. The second-order valence-corrected chi connectivity index (χ2v) is 5.23. The average molecular weight is 297 g/mol. The van der Waals surface area contributed by atoms with E-state index in [0.29, 0.717) is 26.4 Å². The molecule has 4 nitrogen and oxygen atoms in total. The molecule has 0 saturated carbocycles. The lowest BCUT2D eigenvalue weighted by Crippen LogP contribution is -2.32. The van der Waals surface area contributed by atoms with Gasteiger partial charge < -0.3 is 14.8 Å². The zero-order chi connectivity index (χ0) is 15.2. The number of ether oxygens (including phenoxy) is 2. The number of hydrogen-bond donors (Lipinski definition) is 1. The van der Waals surface area contributed by atoms with E-state index in [4.69, 9.17) is 9.47 Å². The first-order valence-corrected chi connectivity index (χ1v) is 7.46. The highest BCUT2D eigenvalue weighted by atomic mass is 16.5. The van der Waals surface area contributed by atoms with Crippen molar-refractivity contribution in [2.45, 2.75) is 12.5 Å². The van der Waals surface area contributed by atoms with Crippen molar-refractivity contribution in [3.05, 3.63) is 65.7 Å². The summed E-state index contributed by atoms with van der Waals surface area (Å²) in [7, 11) is 0. The first kappa shape index (κ1) is 14.6. The summed E-state index contributed by atoms with van der Waals surface area (Å²) in [6.45, 7) is 1.97. The molecule has 1 atom stereocenters. The molecule has 0 aliphatic carbocycles. The van der Waals surface area contributed by atoms with Crippen LogP contribution in [0.1, 0.15) is 17.0 Å². The minimum Gasteiger partial charge on any atom is -0.492 e. The Bertz CT molecular complexity index is 627. The van der Waals surface area contributed by atoms with Crippen LogP contribution in [0.3, 0.4) is 0 Å². The maximum Gasteiger partial charge on any atom is 0.231 e. The van der Waals surface area contributed by atoms with E-state index in [1.54, 1.807) is 0 Å². The van der Waals surface area contributed by atoms with Gasteiger partial charge in [-0.2, -0.15) is 0 Å². The van der Waals surface area contributed by atoms with Crippen LogP contribution in [-0.4, -0.2) is 25.7 Å². The zero-order valence-electron chi connectivity index (χ0n) is 12.3. The normalized spacial score (nSPS) is 15.9. The zero-order valence-corrected chi connectivity index (χ0v) is 12.3. The van der Waals surface area contributed by atoms with Crippen molar-refractivity contribution in [1.29, 1.82) is 0 Å². The largest absolute Gasteiger partial charge is 0.492 e. The van der Waals surface area contributed by atoms with Crippen LogP contribution in [0, 0.1) is 0 Å². The van der Waals surface area contributed by atoms with E-state index in [9.17, 15) is 4.79 Å². The molecule has 0 saturated heterocycles. The highest BCUT2D eigenvalue weighted by Crippen LogP contribution is 2.33. The van der Waals surface area contributed by atoms with Crippen molar-refractivity contribution < 1.29 is 14.3 Å². The van der Waals surface area contributed by atoms with Gasteiger partial charge in [0, 0.05) is 12.1 Å². The molecule has 4 heteroatoms. The molecule has 22 heavy (non-hydrogen) atoms. The third kappa shape index (κ3) is 3.46. The maximum atomic E-state index is 12.2. The van der Waals surface area contributed by atoms with Gasteiger partial charge in [0.15, 0.2) is 0 Å². The average Bonchev–Trinajstić information content (AvgIpc) is 2.99. The smallest absolute Gasteiger partial charge is 0.231 e. The number of carbonyl (C=O) groups is 1. The molecule has 2 aromatic rings. The number of fused-ring (bicyclic) bond motifs is 1. The number of nitrogens with one attached hydrogen (secondary N) is 1. The van der Waals surface area contributed by atoms with Crippen LogP contribution in [-0.2, 0) is 16.1 Å². The standard InChI is InChI=1S/C18H19NO3/c20-18(16-13-22-17-9-5-4-8-15(16)17)19-10-11-21-12-14-6-2-1-3-7-14/h1-9,16H,10-13H2,(H,19,20)/t16-/m0/s1. The number of rotatable bonds is 6. The summed E-state index contributed by atoms with van der Waals surface area (Å²) in [6.07, 6.45) is 0. The fourth-order valence-corrected chi connectivity index (χ4v) is 2.51. The Kier molecular flexibility index (Phi) is 4.71. The summed E-state index contributed by atoms with van der Waals surface area (Å²) in [5, 5.41) is 2.91. The van der Waals surface area contributed by atoms with E-state index in [0.717, 1.165) is 16.9 Å². The van der Waals surface area contributed by atoms with Gasteiger partial charge in [-0.1, -0.05) is 48.5 Å². The van der Waals surface area contributed by atoms with Crippen molar-refractivity contribution >= 4 is 5.91 Å². The molecule has 1 N–H and O–H groups in total. The van der Waals surface area contributed by atoms with Gasteiger partial charge in [0.1, 0.15) is 18.3 Å². The molecule has 0 spiro atoms. The lowest BCUT2D eigenvalue weighted by Gasteiger charge is -2.10. The fourth-order valence-electron chi connectivity index (χ4n) is 2.51. The lowest BCUT2D eigenvalue weighted by molar-refractivity contribution is -0.123. The maximum absolute atomic E-state index is 12.2. The summed E-state index contributed by atoms with van der Waals surface area (Å²) >= 11 is 0. The van der Waals surface area contributed by atoms with Crippen LogP contribution in [0.15, 0.2) is 54.6 Å². The molecule has 1 amide bonds. The van der Waals surface area contributed by atoms with Crippen molar-refractivity contribution in [2.24, 2.45) is 0 Å². The van der Waals surface area contributed by atoms with Crippen molar-refractivity contribution in [3.63, 3.8) is 0 Å². The quantitative estimate of drug-likeness (QED) is 0.833. The first-order chi connectivity index (χ1) is 10.8. The predicted octanol–water partition coefficient (Wildman–Crippen LogP) is 2.50. The molecule has 0 bridgehead atoms. The molecule has 0 fully saturated rings. The minimum absolute atomic E-state index is 0.00624. The molecular formula is C18H19NO3. The van der Waals surface area contributed by atoms with Crippen molar-refractivity contribution in [1.82, 2.24) is 5.32 Å². The van der Waals surface area contributed by atoms with Crippen LogP contribution in [0.4, 0.5) is 0 Å². The third-order valence-corrected chi connectivity index (χ3v) is 3.67. The second kappa shape index (κ2) is 7.09. The SMILES string of the molecule is O=C(NCCOCc1ccccc1)[C@H]1COc2ccccc21. The number of benzene rings is 2. The molecule has 0 unspecified atom stereocenters. The van der Waals surface area contributed by atoms with Crippen LogP contribution < -0.4 is 10.1 Å². The topological polar surface area (TPSA) is 47.6 Å². The molecular weight excluding hydrogens is 278 g/mol. The molecule has 3 rings (SSSR count). The van der Waals surface area contributed by atoms with Gasteiger partial charge >= 0.3 is 0 Å². The highest BCUT2D eigenvalue weighted by molar-refractivity contribution is 5.85. The van der Waals surface area contributed by atoms with Gasteiger partial charge in [0.2, 0.25) is 5.91 Å². The third-order valence-electron chi connectivity index (χ3n) is 3.67. The van der Waals surface area contributed by atoms with Crippen LogP contribution in [0.25, 0.3) is 0 Å². The Morgan fingerprint density at radius 1 is 1.14 bits per heavy atom. The lowest BCUT2D eigenvalue weighted by atomic mass is 10.0. The molecule has 1 aliphatic rings. The second-order valence-electron chi connectivity index (χ2n) is 5.23. The van der Waals surface area contributed by atoms with Crippen LogP contribution in [0.2, 0.25) is 0 Å². The summed E-state index contributed by atoms with van der Waals surface area (Å²) < 4.78 is 11.1. The minimum atomic E-state index is -0.217. The molecule has 1 aliphatic heterocycles. The van der Waals surface area contributed by atoms with Gasteiger partial charge in [-0.3, -0.25) is 4.79 Å². The number of para-hydroxylation sites is 1. The number of carbonyl (C=O) groups excluding carboxylic acids is 1. The van der Waals surface area contributed by atoms with Gasteiger partial charge in [0.05, 0.1) is 13.2 Å². The molecule has 0 aromatic heterocycles. The number of amides is 1. The monoisotopic (exact) mass is 297 g/mol. The van der Waals surface area contributed by atoms with Gasteiger partial charge in [-0.25, -0.2) is 0 Å². The predicted molar refractivity (Wildman–Crippen MR) is 83.8 cm³/mol. The van der Waals surface area contributed by atoms with Crippen molar-refractivity contribution in [2.75, 3.05) is 19.8 Å². The van der Waals surface area contributed by atoms with Gasteiger partial charge in [-0.15, -0.1) is 0 Å². The van der Waals surface area contributed by atoms with Crippen molar-refractivity contribution in [3.8, 4) is 5.75 Å². The Labute approximate surface area is 130 Å². The Hall–Kier alpha value is -2.33. The van der Waals surface area contributed by atoms with Crippen LogP contribution in [0.5, 0.6) is 5.75 Å². The molecule has 114 valence electrons. The Morgan fingerprint density at radius 3 is 2.77 bits per heavy atom. The van der Waals surface area contributed by atoms with E-state index >= 15 is 0 Å². The van der Waals surface area contributed by atoms with E-state index in [1.165, 1.54) is 0 Å².